The van der Waals surface area contributed by atoms with E-state index in [0.717, 1.165) is 0 Å². The summed E-state index contributed by atoms with van der Waals surface area (Å²) < 4.78 is 10.2. The highest BCUT2D eigenvalue weighted by atomic mass is 35.5. The first-order chi connectivity index (χ1) is 12.0. The lowest BCUT2D eigenvalue weighted by atomic mass is 10.2. The van der Waals surface area contributed by atoms with Crippen LogP contribution in [0.5, 0.6) is 5.75 Å². The first-order valence-corrected chi connectivity index (χ1v) is 7.95. The molecule has 0 bridgehead atoms. The summed E-state index contributed by atoms with van der Waals surface area (Å²) in [6.45, 7) is 1.50. The summed E-state index contributed by atoms with van der Waals surface area (Å²) in [6.07, 6.45) is 1.82. The summed E-state index contributed by atoms with van der Waals surface area (Å²) in [5.74, 6) is -0.453. The van der Waals surface area contributed by atoms with E-state index in [-0.39, 0.29) is 0 Å². The zero-order chi connectivity index (χ0) is 18.2. The SMILES string of the molecule is COc1cccc(NC(=O)[C@H](C)OC(=O)/C=C/c2ccccc2Cl)c1. The zero-order valence-electron chi connectivity index (χ0n) is 13.9. The van der Waals surface area contributed by atoms with Gasteiger partial charge in [0.2, 0.25) is 0 Å². The third-order valence-electron chi connectivity index (χ3n) is 3.30. The molecule has 5 nitrogen and oxygen atoms in total. The van der Waals surface area contributed by atoms with Crippen LogP contribution >= 0.6 is 11.6 Å². The molecule has 6 heteroatoms. The Balaban J connectivity index is 1.91. The van der Waals surface area contributed by atoms with Crippen molar-refractivity contribution in [3.05, 3.63) is 65.2 Å². The second-order valence-electron chi connectivity index (χ2n) is 5.16. The third-order valence-corrected chi connectivity index (χ3v) is 3.65. The fraction of sp³-hybridized carbons (Fsp3) is 0.158. The monoisotopic (exact) mass is 359 g/mol. The average molecular weight is 360 g/mol. The Labute approximate surface area is 151 Å². The van der Waals surface area contributed by atoms with Crippen molar-refractivity contribution in [2.24, 2.45) is 0 Å². The molecule has 130 valence electrons. The van der Waals surface area contributed by atoms with Crippen LogP contribution in [0.1, 0.15) is 12.5 Å². The number of methoxy groups -OCH3 is 1. The van der Waals surface area contributed by atoms with Crippen molar-refractivity contribution in [2.75, 3.05) is 12.4 Å². The quantitative estimate of drug-likeness (QED) is 0.627. The van der Waals surface area contributed by atoms with E-state index in [1.165, 1.54) is 26.2 Å². The molecule has 0 fully saturated rings. The summed E-state index contributed by atoms with van der Waals surface area (Å²) in [7, 11) is 1.54. The van der Waals surface area contributed by atoms with Crippen LogP contribution < -0.4 is 10.1 Å². The molecule has 1 N–H and O–H groups in total. The van der Waals surface area contributed by atoms with Crippen LogP contribution in [0.3, 0.4) is 0 Å². The van der Waals surface area contributed by atoms with E-state index < -0.39 is 18.0 Å². The van der Waals surface area contributed by atoms with E-state index in [0.29, 0.717) is 22.0 Å². The minimum atomic E-state index is -0.949. The van der Waals surface area contributed by atoms with Gasteiger partial charge in [0.25, 0.3) is 5.91 Å². The summed E-state index contributed by atoms with van der Waals surface area (Å²) in [5, 5.41) is 3.19. The van der Waals surface area contributed by atoms with Crippen molar-refractivity contribution in [1.29, 1.82) is 0 Å². The number of halogens is 1. The van der Waals surface area contributed by atoms with Crippen LogP contribution in [0.4, 0.5) is 5.69 Å². The van der Waals surface area contributed by atoms with Gasteiger partial charge in [0.1, 0.15) is 5.75 Å². The second kappa shape index (κ2) is 8.89. The highest BCUT2D eigenvalue weighted by Gasteiger charge is 2.16. The van der Waals surface area contributed by atoms with Gasteiger partial charge in [-0.3, -0.25) is 4.79 Å². The molecule has 25 heavy (non-hydrogen) atoms. The van der Waals surface area contributed by atoms with Crippen molar-refractivity contribution < 1.29 is 19.1 Å². The molecule has 2 aromatic carbocycles. The molecule has 2 rings (SSSR count). The highest BCUT2D eigenvalue weighted by Crippen LogP contribution is 2.18. The lowest BCUT2D eigenvalue weighted by molar-refractivity contribution is -0.148. The molecule has 0 radical (unpaired) electrons. The van der Waals surface area contributed by atoms with E-state index in [1.54, 1.807) is 48.5 Å². The molecule has 0 aliphatic carbocycles. The molecule has 0 heterocycles. The van der Waals surface area contributed by atoms with Crippen LogP contribution in [-0.2, 0) is 14.3 Å². The smallest absolute Gasteiger partial charge is 0.331 e. The molecule has 0 aromatic heterocycles. The van der Waals surface area contributed by atoms with Crippen molar-refractivity contribution >= 4 is 35.2 Å². The van der Waals surface area contributed by atoms with Crippen LogP contribution in [0.2, 0.25) is 5.02 Å². The molecule has 0 aliphatic rings. The van der Waals surface area contributed by atoms with Gasteiger partial charge in [0.05, 0.1) is 7.11 Å². The number of anilines is 1. The predicted octanol–water partition coefficient (Wildman–Crippen LogP) is 3.93. The van der Waals surface area contributed by atoms with Gasteiger partial charge in [-0.25, -0.2) is 4.79 Å². The lowest BCUT2D eigenvalue weighted by Crippen LogP contribution is -2.29. The molecular formula is C19H18ClNO4. The Bertz CT molecular complexity index is 788. The predicted molar refractivity (Wildman–Crippen MR) is 97.7 cm³/mol. The minimum Gasteiger partial charge on any atom is -0.497 e. The Morgan fingerprint density at radius 3 is 2.64 bits per heavy atom. The molecule has 0 unspecified atom stereocenters. The largest absolute Gasteiger partial charge is 0.497 e. The van der Waals surface area contributed by atoms with E-state index >= 15 is 0 Å². The standard InChI is InChI=1S/C19H18ClNO4/c1-13(19(23)21-15-7-5-8-16(12-15)24-2)25-18(22)11-10-14-6-3-4-9-17(14)20/h3-13H,1-2H3,(H,21,23)/b11-10+/t13-/m0/s1. The number of carbonyl (C=O) groups excluding carboxylic acids is 2. The Kier molecular flexibility index (Phi) is 6.60. The molecule has 0 saturated carbocycles. The molecular weight excluding hydrogens is 342 g/mol. The maximum absolute atomic E-state index is 12.1. The van der Waals surface area contributed by atoms with Gasteiger partial charge in [-0.05, 0) is 36.8 Å². The topological polar surface area (TPSA) is 64.6 Å². The first-order valence-electron chi connectivity index (χ1n) is 7.57. The van der Waals surface area contributed by atoms with Crippen LogP contribution in [0, 0.1) is 0 Å². The normalized spacial score (nSPS) is 11.8. The van der Waals surface area contributed by atoms with Crippen molar-refractivity contribution in [1.82, 2.24) is 0 Å². The Hall–Kier alpha value is -2.79. The maximum atomic E-state index is 12.1. The third kappa shape index (κ3) is 5.65. The number of hydrogen-bond acceptors (Lipinski definition) is 4. The van der Waals surface area contributed by atoms with E-state index in [1.807, 2.05) is 0 Å². The van der Waals surface area contributed by atoms with Crippen molar-refractivity contribution in [3.63, 3.8) is 0 Å². The van der Waals surface area contributed by atoms with E-state index in [9.17, 15) is 9.59 Å². The maximum Gasteiger partial charge on any atom is 0.331 e. The van der Waals surface area contributed by atoms with Gasteiger partial charge in [0, 0.05) is 22.9 Å². The van der Waals surface area contributed by atoms with Gasteiger partial charge in [-0.1, -0.05) is 35.9 Å². The number of amides is 1. The average Bonchev–Trinajstić information content (AvgIpc) is 2.61. The van der Waals surface area contributed by atoms with Crippen LogP contribution in [-0.4, -0.2) is 25.1 Å². The summed E-state index contributed by atoms with van der Waals surface area (Å²) in [4.78, 5) is 23.9. The summed E-state index contributed by atoms with van der Waals surface area (Å²) in [6, 6.07) is 14.0. The number of rotatable bonds is 6. The first kappa shape index (κ1) is 18.5. The molecule has 0 aliphatic heterocycles. The van der Waals surface area contributed by atoms with Gasteiger partial charge < -0.3 is 14.8 Å². The fourth-order valence-electron chi connectivity index (χ4n) is 1.98. The number of carbonyl (C=O) groups is 2. The van der Waals surface area contributed by atoms with E-state index in [2.05, 4.69) is 5.32 Å². The molecule has 0 spiro atoms. The summed E-state index contributed by atoms with van der Waals surface area (Å²) >= 11 is 6.00. The number of esters is 1. The minimum absolute atomic E-state index is 0.437. The molecule has 0 saturated heterocycles. The number of nitrogens with one attached hydrogen (secondary N) is 1. The van der Waals surface area contributed by atoms with Crippen LogP contribution in [0.25, 0.3) is 6.08 Å². The molecule has 1 atom stereocenters. The van der Waals surface area contributed by atoms with Crippen molar-refractivity contribution in [2.45, 2.75) is 13.0 Å². The summed E-state index contributed by atoms with van der Waals surface area (Å²) in [5.41, 5.74) is 1.24. The van der Waals surface area contributed by atoms with Crippen molar-refractivity contribution in [3.8, 4) is 5.75 Å². The fourth-order valence-corrected chi connectivity index (χ4v) is 2.18. The number of ether oxygens (including phenoxy) is 2. The number of hydrogen-bond donors (Lipinski definition) is 1. The van der Waals surface area contributed by atoms with Gasteiger partial charge in [-0.2, -0.15) is 0 Å². The van der Waals surface area contributed by atoms with Crippen LogP contribution in [0.15, 0.2) is 54.6 Å². The van der Waals surface area contributed by atoms with E-state index in [4.69, 9.17) is 21.1 Å². The Morgan fingerprint density at radius 2 is 1.92 bits per heavy atom. The molecule has 2 aromatic rings. The highest BCUT2D eigenvalue weighted by molar-refractivity contribution is 6.32. The Morgan fingerprint density at radius 1 is 1.16 bits per heavy atom. The van der Waals surface area contributed by atoms with Gasteiger partial charge in [0.15, 0.2) is 6.10 Å². The second-order valence-corrected chi connectivity index (χ2v) is 5.56. The number of benzene rings is 2. The lowest BCUT2D eigenvalue weighted by Gasteiger charge is -2.13. The zero-order valence-corrected chi connectivity index (χ0v) is 14.6. The molecule has 1 amide bonds. The van der Waals surface area contributed by atoms with Gasteiger partial charge >= 0.3 is 5.97 Å². The van der Waals surface area contributed by atoms with Gasteiger partial charge in [-0.15, -0.1) is 0 Å².